The third-order valence-corrected chi connectivity index (χ3v) is 4.11. The molecule has 0 saturated carbocycles. The minimum absolute atomic E-state index is 0.00290. The first-order valence-electron chi connectivity index (χ1n) is 7.83. The number of hydrogen-bond acceptors (Lipinski definition) is 4. The number of nitrogens with one attached hydrogen (secondary N) is 1. The Morgan fingerprint density at radius 3 is 2.72 bits per heavy atom. The number of ketones is 1. The Kier molecular flexibility index (Phi) is 4.12. The fourth-order valence-electron chi connectivity index (χ4n) is 3.07. The van der Waals surface area contributed by atoms with Crippen molar-refractivity contribution in [2.75, 3.05) is 0 Å². The van der Waals surface area contributed by atoms with Crippen LogP contribution in [0, 0.1) is 15.9 Å². The number of benzene rings is 2. The highest BCUT2D eigenvalue weighted by atomic mass is 19.1. The van der Waals surface area contributed by atoms with Gasteiger partial charge in [-0.05, 0) is 44.0 Å². The molecule has 0 spiro atoms. The lowest BCUT2D eigenvalue weighted by molar-refractivity contribution is -0.385. The van der Waals surface area contributed by atoms with E-state index in [1.165, 1.54) is 36.4 Å². The van der Waals surface area contributed by atoms with E-state index in [4.69, 9.17) is 0 Å². The number of nitro groups is 1. The predicted molar refractivity (Wildman–Crippen MR) is 92.7 cm³/mol. The van der Waals surface area contributed by atoms with Gasteiger partial charge in [0.2, 0.25) is 0 Å². The minimum atomic E-state index is -0.586. The maximum absolute atomic E-state index is 13.7. The number of nitrogens with zero attached hydrogens (tertiary/aromatic N) is 1. The number of hydrogen-bond donors (Lipinski definition) is 1. The molecule has 0 fully saturated rings. The van der Waals surface area contributed by atoms with Crippen LogP contribution in [0.5, 0.6) is 0 Å². The molecule has 0 aliphatic carbocycles. The van der Waals surface area contributed by atoms with Crippen LogP contribution in [0.1, 0.15) is 35.3 Å². The van der Waals surface area contributed by atoms with E-state index >= 15 is 0 Å². The van der Waals surface area contributed by atoms with Crippen LogP contribution >= 0.6 is 0 Å². The van der Waals surface area contributed by atoms with E-state index in [2.05, 4.69) is 5.32 Å². The van der Waals surface area contributed by atoms with Crippen LogP contribution in [0.15, 0.2) is 48.5 Å². The van der Waals surface area contributed by atoms with Gasteiger partial charge in [-0.15, -0.1) is 0 Å². The number of carbonyl (C=O) groups is 1. The Bertz CT molecular complexity index is 903. The molecule has 1 heterocycles. The SMILES string of the molecule is CC1(C)Cc2ccc(F)cc2C(=CC(=O)c2ccccc2[N+](=O)[O-])N1. The second-order valence-corrected chi connectivity index (χ2v) is 6.68. The predicted octanol–water partition coefficient (Wildman–Crippen LogP) is 3.88. The number of carbonyl (C=O) groups excluding carboxylic acids is 1. The van der Waals surface area contributed by atoms with Gasteiger partial charge < -0.3 is 5.32 Å². The van der Waals surface area contributed by atoms with Gasteiger partial charge >= 0.3 is 0 Å². The average molecular weight is 340 g/mol. The van der Waals surface area contributed by atoms with Crippen molar-refractivity contribution in [2.45, 2.75) is 25.8 Å². The van der Waals surface area contributed by atoms with E-state index < -0.39 is 16.5 Å². The topological polar surface area (TPSA) is 72.2 Å². The van der Waals surface area contributed by atoms with E-state index in [1.807, 2.05) is 13.8 Å². The van der Waals surface area contributed by atoms with Gasteiger partial charge in [0.1, 0.15) is 5.82 Å². The Labute approximate surface area is 144 Å². The smallest absolute Gasteiger partial charge is 0.280 e. The number of halogens is 1. The molecule has 0 aromatic heterocycles. The van der Waals surface area contributed by atoms with E-state index in [0.717, 1.165) is 5.56 Å². The van der Waals surface area contributed by atoms with E-state index in [9.17, 15) is 19.3 Å². The van der Waals surface area contributed by atoms with Gasteiger partial charge in [-0.3, -0.25) is 14.9 Å². The summed E-state index contributed by atoms with van der Waals surface area (Å²) < 4.78 is 13.7. The summed E-state index contributed by atoms with van der Waals surface area (Å²) in [6, 6.07) is 10.3. The van der Waals surface area contributed by atoms with Crippen LogP contribution in [0.4, 0.5) is 10.1 Å². The fourth-order valence-corrected chi connectivity index (χ4v) is 3.07. The Morgan fingerprint density at radius 1 is 1.28 bits per heavy atom. The van der Waals surface area contributed by atoms with Crippen molar-refractivity contribution in [1.29, 1.82) is 0 Å². The second kappa shape index (κ2) is 6.12. The number of nitro benzene ring substituents is 1. The largest absolute Gasteiger partial charge is 0.379 e. The Hall–Kier alpha value is -3.02. The van der Waals surface area contributed by atoms with Crippen molar-refractivity contribution >= 4 is 17.2 Å². The molecule has 6 heteroatoms. The third kappa shape index (κ3) is 3.42. The lowest BCUT2D eigenvalue weighted by atomic mass is 9.85. The molecule has 0 amide bonds. The van der Waals surface area contributed by atoms with Gasteiger partial charge in [0.25, 0.3) is 5.69 Å². The molecule has 1 N–H and O–H groups in total. The summed E-state index contributed by atoms with van der Waals surface area (Å²) in [5, 5.41) is 14.4. The maximum Gasteiger partial charge on any atom is 0.280 e. The van der Waals surface area contributed by atoms with Gasteiger partial charge in [-0.25, -0.2) is 4.39 Å². The molecule has 1 aliphatic rings. The van der Waals surface area contributed by atoms with Crippen LogP contribution in [0.3, 0.4) is 0 Å². The number of rotatable bonds is 3. The van der Waals surface area contributed by atoms with Gasteiger partial charge in [-0.1, -0.05) is 18.2 Å². The first-order chi connectivity index (χ1) is 11.8. The third-order valence-electron chi connectivity index (χ3n) is 4.11. The summed E-state index contributed by atoms with van der Waals surface area (Å²) in [4.78, 5) is 23.2. The molecule has 0 atom stereocenters. The highest BCUT2D eigenvalue weighted by Crippen LogP contribution is 2.31. The van der Waals surface area contributed by atoms with Gasteiger partial charge in [0, 0.05) is 28.9 Å². The van der Waals surface area contributed by atoms with E-state index in [-0.39, 0.29) is 16.8 Å². The van der Waals surface area contributed by atoms with Gasteiger partial charge in [0.05, 0.1) is 10.5 Å². The normalized spacial score (nSPS) is 16.8. The van der Waals surface area contributed by atoms with E-state index in [1.54, 1.807) is 12.1 Å². The number of para-hydroxylation sites is 1. The highest BCUT2D eigenvalue weighted by Gasteiger charge is 2.29. The van der Waals surface area contributed by atoms with Gasteiger partial charge in [0.15, 0.2) is 5.78 Å². The van der Waals surface area contributed by atoms with Crippen LogP contribution in [0.2, 0.25) is 0 Å². The monoisotopic (exact) mass is 340 g/mol. The standard InChI is InChI=1S/C19H17FN2O3/c1-19(2)11-12-7-8-13(20)9-15(12)16(21-19)10-18(23)14-5-3-4-6-17(14)22(24)25/h3-10,21H,11H2,1-2H3. The van der Waals surface area contributed by atoms with Gasteiger partial charge in [-0.2, -0.15) is 0 Å². The fraction of sp³-hybridized carbons (Fsp3) is 0.211. The highest BCUT2D eigenvalue weighted by molar-refractivity contribution is 6.11. The molecule has 0 unspecified atom stereocenters. The van der Waals surface area contributed by atoms with Crippen LogP contribution in [-0.4, -0.2) is 16.2 Å². The molecular weight excluding hydrogens is 323 g/mol. The first-order valence-corrected chi connectivity index (χ1v) is 7.83. The van der Waals surface area contributed by atoms with Crippen LogP contribution < -0.4 is 5.32 Å². The van der Waals surface area contributed by atoms with E-state index in [0.29, 0.717) is 17.7 Å². The molecule has 2 aromatic carbocycles. The lowest BCUT2D eigenvalue weighted by Gasteiger charge is -2.35. The maximum atomic E-state index is 13.7. The van der Waals surface area contributed by atoms with Crippen LogP contribution in [-0.2, 0) is 6.42 Å². The lowest BCUT2D eigenvalue weighted by Crippen LogP contribution is -2.43. The zero-order valence-corrected chi connectivity index (χ0v) is 13.9. The molecule has 25 heavy (non-hydrogen) atoms. The van der Waals surface area contributed by atoms with Crippen molar-refractivity contribution < 1.29 is 14.1 Å². The van der Waals surface area contributed by atoms with Crippen molar-refractivity contribution in [3.8, 4) is 0 Å². The Morgan fingerprint density at radius 2 is 2.00 bits per heavy atom. The van der Waals surface area contributed by atoms with Crippen molar-refractivity contribution in [1.82, 2.24) is 5.32 Å². The average Bonchev–Trinajstić information content (AvgIpc) is 2.54. The first kappa shape index (κ1) is 16.8. The summed E-state index contributed by atoms with van der Waals surface area (Å²) >= 11 is 0. The number of fused-ring (bicyclic) bond motifs is 1. The molecule has 0 radical (unpaired) electrons. The zero-order chi connectivity index (χ0) is 18.2. The van der Waals surface area contributed by atoms with Crippen molar-refractivity contribution in [3.05, 3.63) is 81.2 Å². The summed E-state index contributed by atoms with van der Waals surface area (Å²) in [5.74, 6) is -0.896. The summed E-state index contributed by atoms with van der Waals surface area (Å²) in [7, 11) is 0. The molecule has 128 valence electrons. The molecule has 5 nitrogen and oxygen atoms in total. The molecule has 0 bridgehead atoms. The summed E-state index contributed by atoms with van der Waals surface area (Å²) in [6.07, 6.45) is 1.99. The van der Waals surface area contributed by atoms with Crippen molar-refractivity contribution in [3.63, 3.8) is 0 Å². The molecule has 1 aliphatic heterocycles. The Balaban J connectivity index is 2.08. The second-order valence-electron chi connectivity index (χ2n) is 6.68. The van der Waals surface area contributed by atoms with Crippen molar-refractivity contribution in [2.24, 2.45) is 0 Å². The summed E-state index contributed by atoms with van der Waals surface area (Å²) in [5.41, 5.74) is 1.42. The number of allylic oxidation sites excluding steroid dienone is 1. The molecule has 0 saturated heterocycles. The zero-order valence-electron chi connectivity index (χ0n) is 13.9. The molecule has 3 rings (SSSR count). The molecule has 2 aromatic rings. The summed E-state index contributed by atoms with van der Waals surface area (Å²) in [6.45, 7) is 3.95. The minimum Gasteiger partial charge on any atom is -0.379 e. The molecular formula is C19H17FN2O3. The quantitative estimate of drug-likeness (QED) is 0.398. The van der Waals surface area contributed by atoms with Crippen LogP contribution in [0.25, 0.3) is 5.70 Å².